The predicted molar refractivity (Wildman–Crippen MR) is 140 cm³/mol. The average molecular weight is 499 g/mol. The van der Waals surface area contributed by atoms with E-state index in [4.69, 9.17) is 9.47 Å². The molecule has 3 aromatic rings. The van der Waals surface area contributed by atoms with Crippen molar-refractivity contribution in [1.82, 2.24) is 9.80 Å². The van der Waals surface area contributed by atoms with Crippen LogP contribution >= 0.6 is 0 Å². The van der Waals surface area contributed by atoms with Gasteiger partial charge < -0.3 is 19.5 Å². The maximum absolute atomic E-state index is 13.2. The third-order valence-corrected chi connectivity index (χ3v) is 6.79. The summed E-state index contributed by atoms with van der Waals surface area (Å²) in [4.78, 5) is 30.2. The average Bonchev–Trinajstić information content (AvgIpc) is 3.21. The van der Waals surface area contributed by atoms with Crippen molar-refractivity contribution in [2.24, 2.45) is 0 Å². The highest BCUT2D eigenvalue weighted by atomic mass is 16.5. The summed E-state index contributed by atoms with van der Waals surface area (Å²) in [6, 6.07) is 25.5. The van der Waals surface area contributed by atoms with Crippen molar-refractivity contribution in [3.8, 4) is 5.75 Å². The molecule has 0 radical (unpaired) electrons. The van der Waals surface area contributed by atoms with Crippen LogP contribution in [0.1, 0.15) is 22.7 Å². The van der Waals surface area contributed by atoms with Crippen LogP contribution in [-0.2, 0) is 20.9 Å². The van der Waals surface area contributed by atoms with Crippen LogP contribution in [0.4, 0.5) is 0 Å². The van der Waals surface area contributed by atoms with Crippen molar-refractivity contribution in [3.63, 3.8) is 0 Å². The van der Waals surface area contributed by atoms with Crippen LogP contribution in [0.2, 0.25) is 0 Å². The molecule has 7 nitrogen and oxygen atoms in total. The van der Waals surface area contributed by atoms with Crippen LogP contribution in [0.25, 0.3) is 5.76 Å². The summed E-state index contributed by atoms with van der Waals surface area (Å²) in [5.41, 5.74) is 2.40. The molecule has 0 aromatic heterocycles. The van der Waals surface area contributed by atoms with E-state index in [0.717, 1.165) is 24.2 Å². The highest BCUT2D eigenvalue weighted by Crippen LogP contribution is 2.39. The first-order valence-corrected chi connectivity index (χ1v) is 12.5. The Bertz CT molecular complexity index is 1250. The van der Waals surface area contributed by atoms with Crippen molar-refractivity contribution in [1.29, 1.82) is 0 Å². The number of hydrogen-bond acceptors (Lipinski definition) is 6. The Balaban J connectivity index is 1.40. The monoisotopic (exact) mass is 498 g/mol. The molecular weight excluding hydrogens is 468 g/mol. The predicted octanol–water partition coefficient (Wildman–Crippen LogP) is 4.02. The molecule has 5 rings (SSSR count). The van der Waals surface area contributed by atoms with Crippen LogP contribution in [0.5, 0.6) is 5.75 Å². The van der Waals surface area contributed by atoms with Gasteiger partial charge in [0.2, 0.25) is 0 Å². The van der Waals surface area contributed by atoms with E-state index in [1.54, 1.807) is 29.2 Å². The van der Waals surface area contributed by atoms with Gasteiger partial charge in [0.15, 0.2) is 0 Å². The Morgan fingerprint density at radius 1 is 0.865 bits per heavy atom. The molecule has 2 heterocycles. The summed E-state index contributed by atoms with van der Waals surface area (Å²) >= 11 is 0. The molecule has 37 heavy (non-hydrogen) atoms. The first-order valence-electron chi connectivity index (χ1n) is 12.5. The van der Waals surface area contributed by atoms with Gasteiger partial charge in [-0.2, -0.15) is 0 Å². The molecule has 1 amide bonds. The molecule has 2 saturated heterocycles. The normalized spacial score (nSPS) is 19.8. The lowest BCUT2D eigenvalue weighted by molar-refractivity contribution is -0.140. The number of ether oxygens (including phenoxy) is 2. The Hall–Kier alpha value is -3.94. The second-order valence-corrected chi connectivity index (χ2v) is 9.16. The van der Waals surface area contributed by atoms with E-state index in [1.807, 2.05) is 60.7 Å². The molecule has 2 aliphatic heterocycles. The highest BCUT2D eigenvalue weighted by molar-refractivity contribution is 6.46. The Morgan fingerprint density at radius 2 is 1.51 bits per heavy atom. The van der Waals surface area contributed by atoms with E-state index < -0.39 is 17.7 Å². The summed E-state index contributed by atoms with van der Waals surface area (Å²) in [6.45, 7) is 4.34. The number of ketones is 1. The number of benzene rings is 3. The fraction of sp³-hybridized carbons (Fsp3) is 0.267. The number of rotatable bonds is 8. The summed E-state index contributed by atoms with van der Waals surface area (Å²) in [5, 5.41) is 11.3. The van der Waals surface area contributed by atoms with Crippen molar-refractivity contribution in [2.75, 3.05) is 39.4 Å². The highest BCUT2D eigenvalue weighted by Gasteiger charge is 2.45. The Morgan fingerprint density at radius 3 is 2.19 bits per heavy atom. The number of aliphatic hydroxyl groups excluding tert-OH is 1. The van der Waals surface area contributed by atoms with Crippen LogP contribution in [-0.4, -0.2) is 66.0 Å². The van der Waals surface area contributed by atoms with Gasteiger partial charge in [0, 0.05) is 31.7 Å². The Labute approximate surface area is 216 Å². The van der Waals surface area contributed by atoms with Crippen LogP contribution in [0, 0.1) is 0 Å². The molecule has 0 bridgehead atoms. The molecule has 0 saturated carbocycles. The number of carbonyl (C=O) groups is 2. The van der Waals surface area contributed by atoms with Gasteiger partial charge in [-0.3, -0.25) is 14.5 Å². The summed E-state index contributed by atoms with van der Waals surface area (Å²) in [7, 11) is 0. The van der Waals surface area contributed by atoms with E-state index in [2.05, 4.69) is 4.90 Å². The number of likely N-dealkylation sites (tertiary alicyclic amines) is 1. The largest absolute Gasteiger partial charge is 0.507 e. The quantitative estimate of drug-likeness (QED) is 0.287. The first kappa shape index (κ1) is 24.7. The molecule has 1 N–H and O–H groups in total. The van der Waals surface area contributed by atoms with Gasteiger partial charge >= 0.3 is 0 Å². The summed E-state index contributed by atoms with van der Waals surface area (Å²) in [6.07, 6.45) is 0. The molecule has 2 fully saturated rings. The van der Waals surface area contributed by atoms with Crippen LogP contribution in [0.15, 0.2) is 90.5 Å². The van der Waals surface area contributed by atoms with E-state index in [0.29, 0.717) is 44.2 Å². The zero-order valence-corrected chi connectivity index (χ0v) is 20.6. The Kier molecular flexibility index (Phi) is 7.63. The zero-order chi connectivity index (χ0) is 25.6. The third kappa shape index (κ3) is 5.58. The third-order valence-electron chi connectivity index (χ3n) is 6.79. The van der Waals surface area contributed by atoms with Gasteiger partial charge in [-0.05, 0) is 35.4 Å². The summed E-state index contributed by atoms with van der Waals surface area (Å²) in [5.74, 6) is -0.800. The molecular formula is C30H30N2O5. The number of amides is 1. The van der Waals surface area contributed by atoms with Crippen molar-refractivity contribution >= 4 is 17.4 Å². The fourth-order valence-electron chi connectivity index (χ4n) is 4.77. The molecule has 0 unspecified atom stereocenters. The summed E-state index contributed by atoms with van der Waals surface area (Å²) < 4.78 is 11.3. The minimum absolute atomic E-state index is 0.108. The molecule has 0 aliphatic carbocycles. The van der Waals surface area contributed by atoms with Gasteiger partial charge in [-0.1, -0.05) is 60.7 Å². The van der Waals surface area contributed by atoms with E-state index in [1.165, 1.54) is 0 Å². The van der Waals surface area contributed by atoms with Gasteiger partial charge in [0.25, 0.3) is 11.7 Å². The molecule has 1 atom stereocenters. The fourth-order valence-corrected chi connectivity index (χ4v) is 4.77. The molecule has 2 aliphatic rings. The van der Waals surface area contributed by atoms with E-state index in [9.17, 15) is 14.7 Å². The number of nitrogens with zero attached hydrogens (tertiary/aromatic N) is 2. The number of morpholine rings is 1. The second kappa shape index (κ2) is 11.4. The molecule has 3 aromatic carbocycles. The lowest BCUT2D eigenvalue weighted by Crippen LogP contribution is -2.42. The number of carbonyl (C=O) groups excluding carboxylic acids is 2. The minimum atomic E-state index is -0.669. The van der Waals surface area contributed by atoms with Gasteiger partial charge in [0.05, 0.1) is 24.8 Å². The van der Waals surface area contributed by atoms with Crippen molar-refractivity contribution in [2.45, 2.75) is 12.6 Å². The number of aliphatic hydroxyl groups is 1. The van der Waals surface area contributed by atoms with Gasteiger partial charge in [-0.25, -0.2) is 0 Å². The van der Waals surface area contributed by atoms with Gasteiger partial charge in [0.1, 0.15) is 18.1 Å². The van der Waals surface area contributed by atoms with E-state index in [-0.39, 0.29) is 11.3 Å². The first-order chi connectivity index (χ1) is 18.1. The topological polar surface area (TPSA) is 79.3 Å². The van der Waals surface area contributed by atoms with Crippen LogP contribution < -0.4 is 4.74 Å². The van der Waals surface area contributed by atoms with Crippen LogP contribution in [0.3, 0.4) is 0 Å². The number of Topliss-reactive ketones (excluding diaryl/α,β-unsaturated/α-hetero) is 1. The lowest BCUT2D eigenvalue weighted by Gasteiger charge is -2.31. The molecule has 0 spiro atoms. The van der Waals surface area contributed by atoms with Crippen molar-refractivity contribution < 1.29 is 24.2 Å². The number of hydrogen-bond donors (Lipinski definition) is 1. The van der Waals surface area contributed by atoms with Crippen molar-refractivity contribution in [3.05, 3.63) is 107 Å². The lowest BCUT2D eigenvalue weighted by atomic mass is 9.95. The maximum Gasteiger partial charge on any atom is 0.295 e. The van der Waals surface area contributed by atoms with E-state index >= 15 is 0 Å². The smallest absolute Gasteiger partial charge is 0.295 e. The minimum Gasteiger partial charge on any atom is -0.507 e. The van der Waals surface area contributed by atoms with Gasteiger partial charge in [-0.15, -0.1) is 0 Å². The molecule has 7 heteroatoms. The zero-order valence-electron chi connectivity index (χ0n) is 20.6. The standard InChI is InChI=1S/C30H30N2O5/c33-28(24-11-13-25(14-12-24)37-21-22-7-3-1-4-8-22)26-27(23-9-5-2-6-10-23)32(30(35)29(26)34)16-15-31-17-19-36-20-18-31/h1-14,27,33H,15-21H2/t27-/m0/s1. The SMILES string of the molecule is O=C1C(=O)N(CCN2CCOCC2)[C@@H](c2ccccc2)C1=C(O)c1ccc(OCc2ccccc2)cc1. The maximum atomic E-state index is 13.2. The molecule has 190 valence electrons. The second-order valence-electron chi connectivity index (χ2n) is 9.16.